The van der Waals surface area contributed by atoms with Crippen molar-refractivity contribution in [2.45, 2.75) is 24.9 Å². The molecule has 1 aliphatic heterocycles. The highest BCUT2D eigenvalue weighted by Crippen LogP contribution is 2.42. The molecule has 2 aliphatic rings. The fourth-order valence-corrected chi connectivity index (χ4v) is 2.42. The first-order valence-corrected chi connectivity index (χ1v) is 4.72. The molecule has 0 aromatic heterocycles. The quantitative estimate of drug-likeness (QED) is 0.586. The van der Waals surface area contributed by atoms with Crippen LogP contribution in [0.3, 0.4) is 0 Å². The van der Waals surface area contributed by atoms with Crippen molar-refractivity contribution in [1.82, 2.24) is 0 Å². The summed E-state index contributed by atoms with van der Waals surface area (Å²) < 4.78 is 18.1. The Morgan fingerprint density at radius 1 is 1.36 bits per heavy atom. The van der Waals surface area contributed by atoms with Crippen LogP contribution in [0.4, 0.5) is 4.39 Å². The average molecular weight is 192 g/mol. The van der Waals surface area contributed by atoms with E-state index in [-0.39, 0.29) is 23.8 Å². The lowest BCUT2D eigenvalue weighted by molar-refractivity contribution is -0.141. The number of hydrogen-bond donors (Lipinski definition) is 0. The van der Waals surface area contributed by atoms with E-state index in [4.69, 9.17) is 4.74 Å². The molecule has 0 amide bonds. The van der Waals surface area contributed by atoms with Crippen molar-refractivity contribution in [3.05, 3.63) is 35.1 Å². The molecule has 0 bridgehead atoms. The third kappa shape index (κ3) is 0.983. The number of ether oxygens (including phenoxy) is 1. The molecular formula is C11H9FO2. The molecule has 0 N–H and O–H groups in total. The van der Waals surface area contributed by atoms with Gasteiger partial charge in [0.15, 0.2) is 0 Å². The Balaban J connectivity index is 2.07. The SMILES string of the molecule is O=C1C[C@@H]2c3cc(F)ccc3C[C@@H]2O1. The van der Waals surface area contributed by atoms with Crippen LogP contribution in [0.1, 0.15) is 23.5 Å². The summed E-state index contributed by atoms with van der Waals surface area (Å²) in [6.45, 7) is 0. The molecule has 1 aromatic carbocycles. The Morgan fingerprint density at radius 2 is 2.21 bits per heavy atom. The average Bonchev–Trinajstić information content (AvgIpc) is 2.62. The van der Waals surface area contributed by atoms with E-state index in [1.807, 2.05) is 0 Å². The number of carbonyl (C=O) groups is 1. The maximum absolute atomic E-state index is 13.0. The third-order valence-electron chi connectivity index (χ3n) is 3.05. The summed E-state index contributed by atoms with van der Waals surface area (Å²) in [6, 6.07) is 4.78. The molecule has 2 atom stereocenters. The van der Waals surface area contributed by atoms with Crippen molar-refractivity contribution < 1.29 is 13.9 Å². The summed E-state index contributed by atoms with van der Waals surface area (Å²) in [5, 5.41) is 0. The van der Waals surface area contributed by atoms with Crippen molar-refractivity contribution in [1.29, 1.82) is 0 Å². The van der Waals surface area contributed by atoms with E-state index < -0.39 is 0 Å². The minimum atomic E-state index is -0.233. The van der Waals surface area contributed by atoms with Gasteiger partial charge < -0.3 is 4.74 Å². The molecule has 0 spiro atoms. The summed E-state index contributed by atoms with van der Waals surface area (Å²) in [5.74, 6) is -0.299. The highest BCUT2D eigenvalue weighted by molar-refractivity contribution is 5.74. The molecule has 0 radical (unpaired) electrons. The maximum atomic E-state index is 13.0. The van der Waals surface area contributed by atoms with Crippen LogP contribution in [0.2, 0.25) is 0 Å². The molecule has 72 valence electrons. The van der Waals surface area contributed by atoms with Crippen LogP contribution in [0.5, 0.6) is 0 Å². The first-order valence-electron chi connectivity index (χ1n) is 4.72. The number of esters is 1. The largest absolute Gasteiger partial charge is 0.461 e. The van der Waals surface area contributed by atoms with E-state index in [1.165, 1.54) is 12.1 Å². The zero-order valence-corrected chi connectivity index (χ0v) is 7.50. The summed E-state index contributed by atoms with van der Waals surface area (Å²) in [6.07, 6.45) is 1.10. The van der Waals surface area contributed by atoms with Gasteiger partial charge in [-0.1, -0.05) is 6.07 Å². The Hall–Kier alpha value is -1.38. The van der Waals surface area contributed by atoms with Crippen LogP contribution in [0.15, 0.2) is 18.2 Å². The highest BCUT2D eigenvalue weighted by Gasteiger charge is 2.41. The number of halogens is 1. The van der Waals surface area contributed by atoms with Gasteiger partial charge in [0.2, 0.25) is 0 Å². The molecule has 1 aromatic rings. The van der Waals surface area contributed by atoms with E-state index in [2.05, 4.69) is 0 Å². The molecule has 0 unspecified atom stereocenters. The van der Waals surface area contributed by atoms with Gasteiger partial charge in [0.25, 0.3) is 0 Å². The van der Waals surface area contributed by atoms with E-state index in [9.17, 15) is 9.18 Å². The predicted octanol–water partition coefficient (Wildman–Crippen LogP) is 1.78. The number of fused-ring (bicyclic) bond motifs is 3. The van der Waals surface area contributed by atoms with Crippen LogP contribution in [-0.4, -0.2) is 12.1 Å². The van der Waals surface area contributed by atoms with Gasteiger partial charge in [0.1, 0.15) is 11.9 Å². The van der Waals surface area contributed by atoms with Crippen molar-refractivity contribution in [3.8, 4) is 0 Å². The van der Waals surface area contributed by atoms with Gasteiger partial charge in [-0.15, -0.1) is 0 Å². The molecule has 1 heterocycles. The van der Waals surface area contributed by atoms with E-state index in [1.54, 1.807) is 6.07 Å². The lowest BCUT2D eigenvalue weighted by Gasteiger charge is -2.05. The van der Waals surface area contributed by atoms with Gasteiger partial charge in [0, 0.05) is 12.3 Å². The van der Waals surface area contributed by atoms with E-state index >= 15 is 0 Å². The van der Waals surface area contributed by atoms with Crippen LogP contribution < -0.4 is 0 Å². The van der Waals surface area contributed by atoms with Gasteiger partial charge in [0.05, 0.1) is 6.42 Å². The fraction of sp³-hybridized carbons (Fsp3) is 0.364. The number of hydrogen-bond acceptors (Lipinski definition) is 2. The second-order valence-corrected chi connectivity index (χ2v) is 3.89. The zero-order valence-electron chi connectivity index (χ0n) is 7.50. The van der Waals surface area contributed by atoms with Crippen LogP contribution >= 0.6 is 0 Å². The molecule has 3 heteroatoms. The van der Waals surface area contributed by atoms with Gasteiger partial charge in [-0.2, -0.15) is 0 Å². The summed E-state index contributed by atoms with van der Waals surface area (Å²) >= 11 is 0. The predicted molar refractivity (Wildman–Crippen MR) is 47.3 cm³/mol. The number of benzene rings is 1. The monoisotopic (exact) mass is 192 g/mol. The Kier molecular flexibility index (Phi) is 1.46. The fourth-order valence-electron chi connectivity index (χ4n) is 2.42. The lowest BCUT2D eigenvalue weighted by atomic mass is 9.98. The Morgan fingerprint density at radius 3 is 3.07 bits per heavy atom. The number of carbonyl (C=O) groups excluding carboxylic acids is 1. The Bertz CT molecular complexity index is 414. The lowest BCUT2D eigenvalue weighted by Crippen LogP contribution is -2.09. The standard InChI is InChI=1S/C11H9FO2/c12-7-2-1-6-3-10-9(8(6)4-7)5-11(13)14-10/h1-2,4,9-10H,3,5H2/t9-,10+/m1/s1. The van der Waals surface area contributed by atoms with Gasteiger partial charge in [-0.3, -0.25) is 4.79 Å². The molecular weight excluding hydrogens is 183 g/mol. The molecule has 3 rings (SSSR count). The smallest absolute Gasteiger partial charge is 0.306 e. The van der Waals surface area contributed by atoms with Crippen LogP contribution in [0.25, 0.3) is 0 Å². The van der Waals surface area contributed by atoms with Gasteiger partial charge in [-0.05, 0) is 23.3 Å². The summed E-state index contributed by atoms with van der Waals surface area (Å²) in [5.41, 5.74) is 2.08. The zero-order chi connectivity index (χ0) is 9.71. The summed E-state index contributed by atoms with van der Waals surface area (Å²) in [4.78, 5) is 11.0. The van der Waals surface area contributed by atoms with Crippen LogP contribution in [-0.2, 0) is 16.0 Å². The van der Waals surface area contributed by atoms with Gasteiger partial charge in [-0.25, -0.2) is 4.39 Å². The minimum Gasteiger partial charge on any atom is -0.461 e. The molecule has 1 aliphatic carbocycles. The molecule has 2 nitrogen and oxygen atoms in total. The normalized spacial score (nSPS) is 28.5. The first-order chi connectivity index (χ1) is 6.74. The van der Waals surface area contributed by atoms with Crippen LogP contribution in [0, 0.1) is 5.82 Å². The topological polar surface area (TPSA) is 26.3 Å². The molecule has 1 fully saturated rings. The van der Waals surface area contributed by atoms with Crippen molar-refractivity contribution in [2.24, 2.45) is 0 Å². The summed E-state index contributed by atoms with van der Waals surface area (Å²) in [7, 11) is 0. The molecule has 1 saturated heterocycles. The second-order valence-electron chi connectivity index (χ2n) is 3.89. The third-order valence-corrected chi connectivity index (χ3v) is 3.05. The molecule has 0 saturated carbocycles. The van der Waals surface area contributed by atoms with Crippen molar-refractivity contribution >= 4 is 5.97 Å². The molecule has 14 heavy (non-hydrogen) atoms. The maximum Gasteiger partial charge on any atom is 0.306 e. The van der Waals surface area contributed by atoms with E-state index in [0.717, 1.165) is 17.5 Å². The van der Waals surface area contributed by atoms with Gasteiger partial charge >= 0.3 is 5.97 Å². The van der Waals surface area contributed by atoms with E-state index in [0.29, 0.717) is 6.42 Å². The highest BCUT2D eigenvalue weighted by atomic mass is 19.1. The second kappa shape index (κ2) is 2.56. The minimum absolute atomic E-state index is 0.0423. The Labute approximate surface area is 80.7 Å². The van der Waals surface area contributed by atoms with Crippen molar-refractivity contribution in [3.63, 3.8) is 0 Å². The van der Waals surface area contributed by atoms with Crippen molar-refractivity contribution in [2.75, 3.05) is 0 Å². The number of rotatable bonds is 0. The first kappa shape index (κ1) is 7.97.